The van der Waals surface area contributed by atoms with Crippen LogP contribution in [0.1, 0.15) is 5.56 Å². The van der Waals surface area contributed by atoms with Gasteiger partial charge < -0.3 is 5.73 Å². The van der Waals surface area contributed by atoms with Crippen LogP contribution in [0.4, 0.5) is 4.39 Å². The second kappa shape index (κ2) is 6.59. The highest BCUT2D eigenvalue weighted by Gasteiger charge is 2.17. The number of nitrogens with two attached hydrogens (primary N) is 1. The molecular formula is C19H12BrFN4S. The van der Waals surface area contributed by atoms with E-state index in [2.05, 4.69) is 26.0 Å². The van der Waals surface area contributed by atoms with E-state index in [1.54, 1.807) is 22.7 Å². The van der Waals surface area contributed by atoms with E-state index in [-0.39, 0.29) is 16.6 Å². The molecule has 0 unspecified atom stereocenters. The van der Waals surface area contributed by atoms with E-state index in [0.29, 0.717) is 16.8 Å². The largest absolute Gasteiger partial charge is 0.389 e. The molecule has 2 aromatic carbocycles. The standard InChI is InChI=1S/C19H12BrFN4S/c20-12-5-3-4-11(10-12)16-9-8-14(17(22)26)19-23-18(24-25(16)19)13-6-1-2-7-15(13)21/h1-10H,(H2,22,26). The maximum absolute atomic E-state index is 14.2. The first-order valence-corrected chi connectivity index (χ1v) is 8.95. The summed E-state index contributed by atoms with van der Waals surface area (Å²) in [6, 6.07) is 17.9. The SMILES string of the molecule is NC(=S)c1ccc(-c2cccc(Br)c2)n2nc(-c3ccccc3F)nc12. The van der Waals surface area contributed by atoms with Crippen LogP contribution in [0.2, 0.25) is 0 Å². The summed E-state index contributed by atoms with van der Waals surface area (Å²) in [5.41, 5.74) is 8.99. The Balaban J connectivity index is 2.02. The van der Waals surface area contributed by atoms with Gasteiger partial charge in [-0.2, -0.15) is 0 Å². The summed E-state index contributed by atoms with van der Waals surface area (Å²) in [6.45, 7) is 0. The Morgan fingerprint density at radius 3 is 2.62 bits per heavy atom. The van der Waals surface area contributed by atoms with E-state index in [4.69, 9.17) is 18.0 Å². The molecule has 2 N–H and O–H groups in total. The molecule has 2 aromatic heterocycles. The molecule has 0 aliphatic rings. The first-order chi connectivity index (χ1) is 12.5. The van der Waals surface area contributed by atoms with E-state index in [0.717, 1.165) is 15.7 Å². The molecule has 26 heavy (non-hydrogen) atoms. The predicted octanol–water partition coefficient (Wildman–Crippen LogP) is 4.60. The van der Waals surface area contributed by atoms with Crippen LogP contribution in [0.25, 0.3) is 28.3 Å². The molecule has 4 nitrogen and oxygen atoms in total. The molecule has 4 rings (SSSR count). The van der Waals surface area contributed by atoms with Gasteiger partial charge in [-0.1, -0.05) is 52.4 Å². The molecule has 128 valence electrons. The minimum Gasteiger partial charge on any atom is -0.389 e. The third-order valence-corrected chi connectivity index (χ3v) is 4.70. The van der Waals surface area contributed by atoms with Gasteiger partial charge in [0.1, 0.15) is 10.8 Å². The van der Waals surface area contributed by atoms with Gasteiger partial charge in [-0.3, -0.25) is 0 Å². The number of benzene rings is 2. The summed E-state index contributed by atoms with van der Waals surface area (Å²) in [7, 11) is 0. The molecule has 0 saturated heterocycles. The minimum atomic E-state index is -0.385. The molecule has 0 radical (unpaired) electrons. The van der Waals surface area contributed by atoms with Gasteiger partial charge in [-0.25, -0.2) is 13.9 Å². The molecule has 0 bridgehead atoms. The van der Waals surface area contributed by atoms with E-state index < -0.39 is 0 Å². The van der Waals surface area contributed by atoms with Crippen LogP contribution in [-0.2, 0) is 0 Å². The molecule has 7 heteroatoms. The molecule has 0 amide bonds. The van der Waals surface area contributed by atoms with Crippen molar-refractivity contribution in [3.63, 3.8) is 0 Å². The highest BCUT2D eigenvalue weighted by Crippen LogP contribution is 2.27. The lowest BCUT2D eigenvalue weighted by Gasteiger charge is -2.07. The lowest BCUT2D eigenvalue weighted by Crippen LogP contribution is -2.12. The smallest absolute Gasteiger partial charge is 0.185 e. The zero-order valence-corrected chi connectivity index (χ0v) is 15.8. The lowest BCUT2D eigenvalue weighted by molar-refractivity contribution is 0.630. The Morgan fingerprint density at radius 2 is 1.88 bits per heavy atom. The summed E-state index contributed by atoms with van der Waals surface area (Å²) in [5, 5.41) is 4.53. The lowest BCUT2D eigenvalue weighted by atomic mass is 10.1. The first kappa shape index (κ1) is 16.8. The highest BCUT2D eigenvalue weighted by atomic mass is 79.9. The van der Waals surface area contributed by atoms with Crippen LogP contribution in [0.3, 0.4) is 0 Å². The van der Waals surface area contributed by atoms with Crippen molar-refractivity contribution in [1.29, 1.82) is 0 Å². The average molecular weight is 427 g/mol. The number of aromatic nitrogens is 3. The summed E-state index contributed by atoms with van der Waals surface area (Å²) in [4.78, 5) is 4.72. The number of fused-ring (bicyclic) bond motifs is 1. The van der Waals surface area contributed by atoms with Gasteiger partial charge in [0.05, 0.1) is 16.8 Å². The number of rotatable bonds is 3. The molecule has 2 heterocycles. The number of pyridine rings is 1. The summed E-state index contributed by atoms with van der Waals surface area (Å²) >= 11 is 8.61. The van der Waals surface area contributed by atoms with Crippen molar-refractivity contribution in [2.24, 2.45) is 5.73 Å². The van der Waals surface area contributed by atoms with Gasteiger partial charge >= 0.3 is 0 Å². The zero-order chi connectivity index (χ0) is 18.3. The minimum absolute atomic E-state index is 0.211. The fourth-order valence-electron chi connectivity index (χ4n) is 2.78. The Bertz CT molecular complexity index is 1160. The number of halogens is 2. The van der Waals surface area contributed by atoms with Crippen molar-refractivity contribution < 1.29 is 4.39 Å². The van der Waals surface area contributed by atoms with Crippen molar-refractivity contribution in [2.75, 3.05) is 0 Å². The molecule has 0 aliphatic heterocycles. The van der Waals surface area contributed by atoms with Crippen molar-refractivity contribution in [3.8, 4) is 22.6 Å². The van der Waals surface area contributed by atoms with E-state index in [1.807, 2.05) is 36.4 Å². The Hall–Kier alpha value is -2.64. The van der Waals surface area contributed by atoms with Crippen LogP contribution < -0.4 is 5.73 Å². The van der Waals surface area contributed by atoms with Crippen molar-refractivity contribution in [1.82, 2.24) is 14.6 Å². The van der Waals surface area contributed by atoms with Crippen LogP contribution in [0, 0.1) is 5.82 Å². The Labute approximate surface area is 162 Å². The summed E-state index contributed by atoms with van der Waals surface area (Å²) < 4.78 is 16.8. The van der Waals surface area contributed by atoms with Gasteiger partial charge in [0, 0.05) is 10.0 Å². The molecule has 0 spiro atoms. The molecule has 4 aromatic rings. The second-order valence-electron chi connectivity index (χ2n) is 5.66. The van der Waals surface area contributed by atoms with Crippen molar-refractivity contribution in [2.45, 2.75) is 0 Å². The normalized spacial score (nSPS) is 11.0. The maximum Gasteiger partial charge on any atom is 0.185 e. The number of hydrogen-bond acceptors (Lipinski definition) is 3. The van der Waals surface area contributed by atoms with Crippen molar-refractivity contribution >= 4 is 38.8 Å². The van der Waals surface area contributed by atoms with Crippen molar-refractivity contribution in [3.05, 3.63) is 76.5 Å². The number of nitrogens with zero attached hydrogens (tertiary/aromatic N) is 3. The summed E-state index contributed by atoms with van der Waals surface area (Å²) in [5.74, 6) is -0.104. The molecule has 0 fully saturated rings. The van der Waals surface area contributed by atoms with E-state index in [9.17, 15) is 4.39 Å². The fraction of sp³-hybridized carbons (Fsp3) is 0. The quantitative estimate of drug-likeness (QED) is 0.486. The monoisotopic (exact) mass is 426 g/mol. The summed E-state index contributed by atoms with van der Waals surface area (Å²) in [6.07, 6.45) is 0. The fourth-order valence-corrected chi connectivity index (χ4v) is 3.34. The number of thiocarbonyl (C=S) groups is 1. The Kier molecular flexibility index (Phi) is 4.26. The first-order valence-electron chi connectivity index (χ1n) is 7.75. The van der Waals surface area contributed by atoms with Gasteiger partial charge in [0.25, 0.3) is 0 Å². The van der Waals surface area contributed by atoms with Gasteiger partial charge in [0.2, 0.25) is 0 Å². The van der Waals surface area contributed by atoms with Crippen LogP contribution >= 0.6 is 28.1 Å². The Morgan fingerprint density at radius 1 is 1.08 bits per heavy atom. The maximum atomic E-state index is 14.2. The van der Waals surface area contributed by atoms with Gasteiger partial charge in [-0.05, 0) is 36.4 Å². The number of hydrogen-bond donors (Lipinski definition) is 1. The average Bonchev–Trinajstić information content (AvgIpc) is 3.05. The highest BCUT2D eigenvalue weighted by molar-refractivity contribution is 9.10. The van der Waals surface area contributed by atoms with Crippen LogP contribution in [0.5, 0.6) is 0 Å². The topological polar surface area (TPSA) is 56.2 Å². The van der Waals surface area contributed by atoms with E-state index in [1.165, 1.54) is 6.07 Å². The molecule has 0 aliphatic carbocycles. The molecular weight excluding hydrogens is 415 g/mol. The van der Waals surface area contributed by atoms with Crippen LogP contribution in [0.15, 0.2) is 65.1 Å². The predicted molar refractivity (Wildman–Crippen MR) is 107 cm³/mol. The third-order valence-electron chi connectivity index (χ3n) is 3.98. The molecule has 0 saturated carbocycles. The van der Waals surface area contributed by atoms with E-state index >= 15 is 0 Å². The molecule has 0 atom stereocenters. The second-order valence-corrected chi connectivity index (χ2v) is 7.01. The zero-order valence-electron chi connectivity index (χ0n) is 13.4. The van der Waals surface area contributed by atoms with Crippen LogP contribution in [-0.4, -0.2) is 19.6 Å². The van der Waals surface area contributed by atoms with Gasteiger partial charge in [0.15, 0.2) is 11.5 Å². The third kappa shape index (κ3) is 2.89. The van der Waals surface area contributed by atoms with Gasteiger partial charge in [-0.15, -0.1) is 5.10 Å².